The molecule has 0 aromatic heterocycles. The number of anilines is 1. The highest BCUT2D eigenvalue weighted by atomic mass is 19.2. The summed E-state index contributed by atoms with van der Waals surface area (Å²) >= 11 is 0. The molecular weight excluding hydrogens is 234 g/mol. The molecule has 1 N–H and O–H groups in total. The van der Waals surface area contributed by atoms with Crippen molar-refractivity contribution in [3.05, 3.63) is 29.3 Å². The van der Waals surface area contributed by atoms with Gasteiger partial charge in [-0.05, 0) is 12.8 Å². The topological polar surface area (TPSA) is 12.0 Å². The SMILES string of the molecule is Fc1cc(F)c(F)c(NC2CCCCC2)c1F. The van der Waals surface area contributed by atoms with E-state index >= 15 is 0 Å². The first-order chi connectivity index (χ1) is 8.09. The van der Waals surface area contributed by atoms with Gasteiger partial charge in [-0.25, -0.2) is 17.6 Å². The van der Waals surface area contributed by atoms with E-state index in [9.17, 15) is 17.6 Å². The Balaban J connectivity index is 2.24. The zero-order chi connectivity index (χ0) is 12.4. The number of halogens is 4. The van der Waals surface area contributed by atoms with E-state index in [2.05, 4.69) is 5.32 Å². The summed E-state index contributed by atoms with van der Waals surface area (Å²) in [4.78, 5) is 0. The van der Waals surface area contributed by atoms with Gasteiger partial charge in [-0.3, -0.25) is 0 Å². The van der Waals surface area contributed by atoms with Crippen molar-refractivity contribution in [1.29, 1.82) is 0 Å². The molecule has 17 heavy (non-hydrogen) atoms. The Morgan fingerprint density at radius 3 is 1.94 bits per heavy atom. The molecule has 0 radical (unpaired) electrons. The van der Waals surface area contributed by atoms with Crippen LogP contribution in [0.5, 0.6) is 0 Å². The van der Waals surface area contributed by atoms with Gasteiger partial charge in [0, 0.05) is 12.1 Å². The number of hydrogen-bond acceptors (Lipinski definition) is 1. The quantitative estimate of drug-likeness (QED) is 0.615. The van der Waals surface area contributed by atoms with E-state index in [1.54, 1.807) is 0 Å². The summed E-state index contributed by atoms with van der Waals surface area (Å²) in [6, 6.07) is 0.102. The Labute approximate surface area is 96.8 Å². The van der Waals surface area contributed by atoms with Crippen LogP contribution in [0.2, 0.25) is 0 Å². The maximum absolute atomic E-state index is 13.4. The van der Waals surface area contributed by atoms with Gasteiger partial charge in [-0.2, -0.15) is 0 Å². The molecule has 0 bridgehead atoms. The summed E-state index contributed by atoms with van der Waals surface area (Å²) in [7, 11) is 0. The Morgan fingerprint density at radius 2 is 1.41 bits per heavy atom. The number of benzene rings is 1. The largest absolute Gasteiger partial charge is 0.377 e. The molecule has 0 aliphatic heterocycles. The van der Waals surface area contributed by atoms with Gasteiger partial charge >= 0.3 is 0 Å². The lowest BCUT2D eigenvalue weighted by Crippen LogP contribution is -2.24. The highest BCUT2D eigenvalue weighted by molar-refractivity contribution is 5.48. The molecule has 1 aliphatic carbocycles. The number of nitrogens with one attached hydrogen (secondary N) is 1. The van der Waals surface area contributed by atoms with Crippen LogP contribution in [0.4, 0.5) is 23.2 Å². The van der Waals surface area contributed by atoms with Crippen molar-refractivity contribution in [2.75, 3.05) is 5.32 Å². The van der Waals surface area contributed by atoms with Gasteiger partial charge in [0.2, 0.25) is 0 Å². The van der Waals surface area contributed by atoms with Gasteiger partial charge in [0.15, 0.2) is 23.3 Å². The van der Waals surface area contributed by atoms with Gasteiger partial charge in [-0.1, -0.05) is 19.3 Å². The molecule has 5 heteroatoms. The van der Waals surface area contributed by atoms with Crippen LogP contribution in [-0.4, -0.2) is 6.04 Å². The molecule has 1 aromatic rings. The van der Waals surface area contributed by atoms with Crippen molar-refractivity contribution in [3.8, 4) is 0 Å². The lowest BCUT2D eigenvalue weighted by Gasteiger charge is -2.24. The first-order valence-corrected chi connectivity index (χ1v) is 5.69. The molecule has 2 rings (SSSR count). The van der Waals surface area contributed by atoms with Crippen LogP contribution in [0.1, 0.15) is 32.1 Å². The zero-order valence-corrected chi connectivity index (χ0v) is 9.20. The van der Waals surface area contributed by atoms with Crippen molar-refractivity contribution in [3.63, 3.8) is 0 Å². The van der Waals surface area contributed by atoms with Crippen molar-refractivity contribution >= 4 is 5.69 Å². The summed E-state index contributed by atoms with van der Waals surface area (Å²) < 4.78 is 52.6. The van der Waals surface area contributed by atoms with Crippen LogP contribution >= 0.6 is 0 Å². The summed E-state index contributed by atoms with van der Waals surface area (Å²) in [5, 5.41) is 2.57. The third kappa shape index (κ3) is 2.53. The summed E-state index contributed by atoms with van der Waals surface area (Å²) in [6.07, 6.45) is 4.52. The molecule has 1 saturated carbocycles. The van der Waals surface area contributed by atoms with Crippen LogP contribution in [0.25, 0.3) is 0 Å². The third-order valence-corrected chi connectivity index (χ3v) is 3.07. The monoisotopic (exact) mass is 247 g/mol. The molecule has 1 fully saturated rings. The predicted molar refractivity (Wildman–Crippen MR) is 56.8 cm³/mol. The Bertz CT molecular complexity index is 387. The molecule has 1 aromatic carbocycles. The van der Waals surface area contributed by atoms with Crippen molar-refractivity contribution in [2.45, 2.75) is 38.1 Å². The van der Waals surface area contributed by atoms with Crippen LogP contribution in [0.3, 0.4) is 0 Å². The first-order valence-electron chi connectivity index (χ1n) is 5.69. The van der Waals surface area contributed by atoms with Gasteiger partial charge in [-0.15, -0.1) is 0 Å². The molecule has 0 saturated heterocycles. The standard InChI is InChI=1S/C12H13F4N/c13-8-6-9(14)11(16)12(10(8)15)17-7-4-2-1-3-5-7/h6-7,17H,1-5H2. The van der Waals surface area contributed by atoms with Crippen LogP contribution in [0.15, 0.2) is 6.07 Å². The maximum atomic E-state index is 13.4. The highest BCUT2D eigenvalue weighted by Gasteiger charge is 2.22. The number of hydrogen-bond donors (Lipinski definition) is 1. The van der Waals surface area contributed by atoms with Gasteiger partial charge in [0.1, 0.15) is 5.69 Å². The van der Waals surface area contributed by atoms with Crippen LogP contribution in [-0.2, 0) is 0 Å². The minimum absolute atomic E-state index is 0.117. The molecule has 0 amide bonds. The minimum Gasteiger partial charge on any atom is -0.377 e. The zero-order valence-electron chi connectivity index (χ0n) is 9.20. The molecule has 94 valence electrons. The fraction of sp³-hybridized carbons (Fsp3) is 0.500. The minimum atomic E-state index is -1.37. The average Bonchev–Trinajstić information content (AvgIpc) is 2.33. The summed E-state index contributed by atoms with van der Waals surface area (Å²) in [6.45, 7) is 0. The lowest BCUT2D eigenvalue weighted by molar-refractivity contribution is 0.438. The fourth-order valence-corrected chi connectivity index (χ4v) is 2.15. The van der Waals surface area contributed by atoms with E-state index in [0.29, 0.717) is 0 Å². The summed E-state index contributed by atoms with van der Waals surface area (Å²) in [5.74, 6) is -5.45. The lowest BCUT2D eigenvalue weighted by atomic mass is 9.95. The van der Waals surface area contributed by atoms with E-state index in [1.165, 1.54) is 0 Å². The van der Waals surface area contributed by atoms with E-state index in [-0.39, 0.29) is 12.1 Å². The average molecular weight is 247 g/mol. The van der Waals surface area contributed by atoms with Crippen molar-refractivity contribution in [1.82, 2.24) is 0 Å². The normalized spacial score (nSPS) is 17.2. The highest BCUT2D eigenvalue weighted by Crippen LogP contribution is 2.28. The second-order valence-corrected chi connectivity index (χ2v) is 4.32. The van der Waals surface area contributed by atoms with Gasteiger partial charge < -0.3 is 5.32 Å². The molecule has 0 spiro atoms. The second-order valence-electron chi connectivity index (χ2n) is 4.32. The molecule has 0 unspecified atom stereocenters. The van der Waals surface area contributed by atoms with E-state index in [1.807, 2.05) is 0 Å². The smallest absolute Gasteiger partial charge is 0.185 e. The van der Waals surface area contributed by atoms with Crippen molar-refractivity contribution < 1.29 is 17.6 Å². The Hall–Kier alpha value is -1.26. The summed E-state index contributed by atoms with van der Waals surface area (Å²) in [5.41, 5.74) is -0.686. The fourth-order valence-electron chi connectivity index (χ4n) is 2.15. The second kappa shape index (κ2) is 4.94. The van der Waals surface area contributed by atoms with Gasteiger partial charge in [0.25, 0.3) is 0 Å². The van der Waals surface area contributed by atoms with E-state index in [0.717, 1.165) is 32.1 Å². The Kier molecular flexibility index (Phi) is 3.54. The van der Waals surface area contributed by atoms with Crippen molar-refractivity contribution in [2.24, 2.45) is 0 Å². The molecule has 1 aliphatic rings. The number of rotatable bonds is 2. The maximum Gasteiger partial charge on any atom is 0.185 e. The molecule has 1 nitrogen and oxygen atoms in total. The Morgan fingerprint density at radius 1 is 0.882 bits per heavy atom. The van der Waals surface area contributed by atoms with E-state index < -0.39 is 29.0 Å². The third-order valence-electron chi connectivity index (χ3n) is 3.07. The molecule has 0 atom stereocenters. The van der Waals surface area contributed by atoms with E-state index in [4.69, 9.17) is 0 Å². The molecular formula is C12H13F4N. The van der Waals surface area contributed by atoms with Crippen LogP contribution < -0.4 is 5.32 Å². The predicted octanol–water partition coefficient (Wildman–Crippen LogP) is 3.99. The first kappa shape index (κ1) is 12.2. The van der Waals surface area contributed by atoms with Crippen LogP contribution in [0, 0.1) is 23.3 Å². The van der Waals surface area contributed by atoms with Gasteiger partial charge in [0.05, 0.1) is 0 Å². The molecule has 0 heterocycles.